The first-order valence-corrected chi connectivity index (χ1v) is 5.76. The molecule has 0 bridgehead atoms. The topological polar surface area (TPSA) is 77.8 Å². The highest BCUT2D eigenvalue weighted by molar-refractivity contribution is 5.47. The van der Waals surface area contributed by atoms with E-state index in [0.717, 1.165) is 18.5 Å². The van der Waals surface area contributed by atoms with Crippen molar-refractivity contribution in [3.8, 4) is 11.5 Å². The van der Waals surface area contributed by atoms with Gasteiger partial charge in [0.25, 0.3) is 0 Å². The van der Waals surface area contributed by atoms with E-state index in [1.165, 1.54) is 0 Å². The van der Waals surface area contributed by atoms with Gasteiger partial charge in [-0.3, -0.25) is 4.98 Å². The summed E-state index contributed by atoms with van der Waals surface area (Å²) in [6.45, 7) is 2.75. The van der Waals surface area contributed by atoms with Crippen LogP contribution in [0.5, 0.6) is 0 Å². The van der Waals surface area contributed by atoms with E-state index in [0.29, 0.717) is 18.3 Å². The number of pyridine rings is 1. The minimum Gasteiger partial charge on any atom is -0.339 e. The van der Waals surface area contributed by atoms with Crippen LogP contribution in [0.2, 0.25) is 0 Å². The van der Waals surface area contributed by atoms with Gasteiger partial charge in [0.2, 0.25) is 11.7 Å². The van der Waals surface area contributed by atoms with Gasteiger partial charge < -0.3 is 10.3 Å². The fraction of sp³-hybridized carbons (Fsp3) is 0.417. The van der Waals surface area contributed by atoms with Crippen LogP contribution < -0.4 is 5.73 Å². The van der Waals surface area contributed by atoms with Crippen LogP contribution in [0.15, 0.2) is 28.9 Å². The molecule has 2 aromatic rings. The highest BCUT2D eigenvalue weighted by Crippen LogP contribution is 2.21. The zero-order chi connectivity index (χ0) is 12.1. The van der Waals surface area contributed by atoms with Crippen molar-refractivity contribution in [3.05, 3.63) is 30.3 Å². The monoisotopic (exact) mass is 232 g/mol. The summed E-state index contributed by atoms with van der Waals surface area (Å²) in [4.78, 5) is 8.53. The maximum Gasteiger partial charge on any atom is 0.229 e. The van der Waals surface area contributed by atoms with Gasteiger partial charge in [0, 0.05) is 12.1 Å². The van der Waals surface area contributed by atoms with Crippen molar-refractivity contribution < 1.29 is 4.52 Å². The van der Waals surface area contributed by atoms with Gasteiger partial charge in [-0.25, -0.2) is 0 Å². The largest absolute Gasteiger partial charge is 0.339 e. The number of aromatic nitrogens is 3. The molecule has 0 fully saturated rings. The van der Waals surface area contributed by atoms with Crippen molar-refractivity contribution in [1.82, 2.24) is 15.1 Å². The number of nitrogens with zero attached hydrogens (tertiary/aromatic N) is 3. The third-order valence-corrected chi connectivity index (χ3v) is 2.60. The van der Waals surface area contributed by atoms with E-state index in [-0.39, 0.29) is 5.92 Å². The first-order chi connectivity index (χ1) is 8.31. The molecule has 0 aliphatic rings. The summed E-state index contributed by atoms with van der Waals surface area (Å²) in [6, 6.07) is 5.61. The lowest BCUT2D eigenvalue weighted by molar-refractivity contribution is 0.352. The first kappa shape index (κ1) is 11.7. The maximum absolute atomic E-state index is 5.47. The summed E-state index contributed by atoms with van der Waals surface area (Å²) in [7, 11) is 0. The average Bonchev–Trinajstić information content (AvgIpc) is 2.86. The SMILES string of the molecule is CC(CCCN)c1nc(-c2ccccn2)no1. The third-order valence-electron chi connectivity index (χ3n) is 2.60. The molecule has 2 rings (SSSR count). The maximum atomic E-state index is 5.47. The molecule has 5 heteroatoms. The molecule has 0 spiro atoms. The van der Waals surface area contributed by atoms with E-state index in [9.17, 15) is 0 Å². The van der Waals surface area contributed by atoms with Crippen molar-refractivity contribution in [2.75, 3.05) is 6.54 Å². The Labute approximate surface area is 100 Å². The van der Waals surface area contributed by atoms with Crippen LogP contribution in [-0.2, 0) is 0 Å². The molecule has 0 saturated heterocycles. The third kappa shape index (κ3) is 2.88. The Morgan fingerprint density at radius 3 is 3.00 bits per heavy atom. The lowest BCUT2D eigenvalue weighted by atomic mass is 10.1. The predicted molar refractivity (Wildman–Crippen MR) is 64.2 cm³/mol. The van der Waals surface area contributed by atoms with Crippen LogP contribution in [0.4, 0.5) is 0 Å². The molecule has 0 saturated carbocycles. The van der Waals surface area contributed by atoms with E-state index in [2.05, 4.69) is 22.0 Å². The summed E-state index contributed by atoms with van der Waals surface area (Å²) in [6.07, 6.45) is 3.63. The van der Waals surface area contributed by atoms with Crippen molar-refractivity contribution in [2.24, 2.45) is 5.73 Å². The standard InChI is InChI=1S/C12H16N4O/c1-9(5-4-7-13)12-15-11(16-17-12)10-6-2-3-8-14-10/h2-3,6,8-9H,4-5,7,13H2,1H3. The Kier molecular flexibility index (Phi) is 3.82. The molecule has 90 valence electrons. The van der Waals surface area contributed by atoms with Gasteiger partial charge in [0.15, 0.2) is 0 Å². The van der Waals surface area contributed by atoms with E-state index >= 15 is 0 Å². The fourth-order valence-corrected chi connectivity index (χ4v) is 1.58. The second kappa shape index (κ2) is 5.54. The summed E-state index contributed by atoms with van der Waals surface area (Å²) < 4.78 is 5.24. The highest BCUT2D eigenvalue weighted by atomic mass is 16.5. The van der Waals surface area contributed by atoms with E-state index in [1.54, 1.807) is 6.20 Å². The summed E-state index contributed by atoms with van der Waals surface area (Å²) in [5, 5.41) is 3.94. The van der Waals surface area contributed by atoms with Crippen molar-refractivity contribution >= 4 is 0 Å². The van der Waals surface area contributed by atoms with Crippen LogP contribution in [0.25, 0.3) is 11.5 Å². The molecule has 0 aliphatic heterocycles. The molecule has 0 aromatic carbocycles. The molecule has 0 aliphatic carbocycles. The van der Waals surface area contributed by atoms with Gasteiger partial charge in [-0.05, 0) is 31.5 Å². The van der Waals surface area contributed by atoms with E-state index in [4.69, 9.17) is 10.3 Å². The smallest absolute Gasteiger partial charge is 0.229 e. The Morgan fingerprint density at radius 1 is 1.41 bits per heavy atom. The molecule has 2 heterocycles. The lowest BCUT2D eigenvalue weighted by Crippen LogP contribution is -2.02. The average molecular weight is 232 g/mol. The van der Waals surface area contributed by atoms with Gasteiger partial charge in [0.1, 0.15) is 5.69 Å². The molecule has 0 radical (unpaired) electrons. The van der Waals surface area contributed by atoms with Gasteiger partial charge >= 0.3 is 0 Å². The minimum atomic E-state index is 0.239. The summed E-state index contributed by atoms with van der Waals surface area (Å²) in [5.74, 6) is 1.43. The van der Waals surface area contributed by atoms with Crippen LogP contribution in [0.3, 0.4) is 0 Å². The van der Waals surface area contributed by atoms with Crippen molar-refractivity contribution in [2.45, 2.75) is 25.7 Å². The number of hydrogen-bond donors (Lipinski definition) is 1. The van der Waals surface area contributed by atoms with E-state index in [1.807, 2.05) is 18.2 Å². The van der Waals surface area contributed by atoms with Crippen LogP contribution in [-0.4, -0.2) is 21.7 Å². The molecule has 1 atom stereocenters. The van der Waals surface area contributed by atoms with Crippen molar-refractivity contribution in [3.63, 3.8) is 0 Å². The van der Waals surface area contributed by atoms with Crippen molar-refractivity contribution in [1.29, 1.82) is 0 Å². The van der Waals surface area contributed by atoms with Gasteiger partial charge in [-0.2, -0.15) is 4.98 Å². The molecule has 17 heavy (non-hydrogen) atoms. The summed E-state index contributed by atoms with van der Waals surface area (Å²) >= 11 is 0. The second-order valence-corrected chi connectivity index (χ2v) is 4.00. The molecule has 5 nitrogen and oxygen atoms in total. The molecular formula is C12H16N4O. The molecule has 1 unspecified atom stereocenters. The van der Waals surface area contributed by atoms with Crippen LogP contribution >= 0.6 is 0 Å². The van der Waals surface area contributed by atoms with Gasteiger partial charge in [-0.1, -0.05) is 18.1 Å². The van der Waals surface area contributed by atoms with Gasteiger partial charge in [-0.15, -0.1) is 0 Å². The highest BCUT2D eigenvalue weighted by Gasteiger charge is 2.15. The van der Waals surface area contributed by atoms with Gasteiger partial charge in [0.05, 0.1) is 0 Å². The Balaban J connectivity index is 2.11. The summed E-state index contributed by atoms with van der Waals surface area (Å²) in [5.41, 5.74) is 6.20. The Hall–Kier alpha value is -1.75. The second-order valence-electron chi connectivity index (χ2n) is 4.00. The number of hydrogen-bond acceptors (Lipinski definition) is 5. The fourth-order valence-electron chi connectivity index (χ4n) is 1.58. The quantitative estimate of drug-likeness (QED) is 0.852. The normalized spacial score (nSPS) is 12.6. The molecule has 2 N–H and O–H groups in total. The minimum absolute atomic E-state index is 0.239. The lowest BCUT2D eigenvalue weighted by Gasteiger charge is -2.03. The number of rotatable bonds is 5. The van der Waals surface area contributed by atoms with Crippen LogP contribution in [0, 0.1) is 0 Å². The molecule has 2 aromatic heterocycles. The Bertz CT molecular complexity index is 455. The molecular weight excluding hydrogens is 216 g/mol. The zero-order valence-electron chi connectivity index (χ0n) is 9.84. The predicted octanol–water partition coefficient (Wildman–Crippen LogP) is 1.97. The number of nitrogens with two attached hydrogens (primary N) is 1. The van der Waals surface area contributed by atoms with E-state index < -0.39 is 0 Å². The Morgan fingerprint density at radius 2 is 2.29 bits per heavy atom. The first-order valence-electron chi connectivity index (χ1n) is 5.76. The zero-order valence-corrected chi connectivity index (χ0v) is 9.84. The molecule has 0 amide bonds. The van der Waals surface area contributed by atoms with Crippen LogP contribution in [0.1, 0.15) is 31.6 Å².